The summed E-state index contributed by atoms with van der Waals surface area (Å²) in [5.74, 6) is -0.0435. The number of anilines is 1. The minimum absolute atomic E-state index is 0.198. The molecule has 0 aliphatic carbocycles. The Bertz CT molecular complexity index is 993. The summed E-state index contributed by atoms with van der Waals surface area (Å²) in [6.07, 6.45) is 1.61. The molecule has 0 heterocycles. The van der Waals surface area contributed by atoms with Crippen molar-refractivity contribution in [3.8, 4) is 0 Å². The van der Waals surface area contributed by atoms with Crippen LogP contribution in [0.5, 0.6) is 0 Å². The third kappa shape index (κ3) is 5.62. The van der Waals surface area contributed by atoms with Crippen LogP contribution in [0.1, 0.15) is 51.6 Å². The van der Waals surface area contributed by atoms with Crippen LogP contribution >= 0.6 is 0 Å². The number of hydrogen-bond acceptors (Lipinski definition) is 3. The Hall–Kier alpha value is -3.73. The average Bonchev–Trinajstić information content (AvgIpc) is 2.75. The van der Waals surface area contributed by atoms with Gasteiger partial charge in [0.1, 0.15) is 0 Å². The molecule has 5 heteroatoms. The first-order valence-electron chi connectivity index (χ1n) is 9.43. The largest absolute Gasteiger partial charge is 0.322 e. The lowest BCUT2D eigenvalue weighted by molar-refractivity contribution is 0.0954. The molecule has 3 aromatic carbocycles. The van der Waals surface area contributed by atoms with Gasteiger partial charge in [-0.15, -0.1) is 0 Å². The van der Waals surface area contributed by atoms with Crippen molar-refractivity contribution in [2.75, 3.05) is 5.32 Å². The summed E-state index contributed by atoms with van der Waals surface area (Å²) in [7, 11) is 0. The van der Waals surface area contributed by atoms with Gasteiger partial charge in [-0.3, -0.25) is 9.59 Å². The van der Waals surface area contributed by atoms with Crippen LogP contribution in [0.3, 0.4) is 0 Å². The molecule has 0 aromatic heterocycles. The molecule has 0 aliphatic heterocycles. The van der Waals surface area contributed by atoms with Gasteiger partial charge >= 0.3 is 0 Å². The molecule has 5 nitrogen and oxygen atoms in total. The molecule has 29 heavy (non-hydrogen) atoms. The molecule has 2 amide bonds. The number of carbonyl (C=O) groups excluding carboxylic acids is 2. The first kappa shape index (κ1) is 20.0. The Morgan fingerprint density at radius 1 is 0.793 bits per heavy atom. The van der Waals surface area contributed by atoms with Crippen LogP contribution in [0.25, 0.3) is 0 Å². The van der Waals surface area contributed by atoms with Gasteiger partial charge in [-0.1, -0.05) is 56.3 Å². The molecule has 0 radical (unpaired) electrons. The van der Waals surface area contributed by atoms with Crippen molar-refractivity contribution < 1.29 is 9.59 Å². The zero-order valence-electron chi connectivity index (χ0n) is 16.4. The number of nitrogens with zero attached hydrogens (tertiary/aromatic N) is 1. The van der Waals surface area contributed by atoms with E-state index in [9.17, 15) is 9.59 Å². The lowest BCUT2D eigenvalue weighted by atomic mass is 10.0. The fourth-order valence-corrected chi connectivity index (χ4v) is 2.69. The van der Waals surface area contributed by atoms with Crippen LogP contribution in [0, 0.1) is 0 Å². The van der Waals surface area contributed by atoms with Crippen molar-refractivity contribution >= 4 is 23.7 Å². The molecule has 0 saturated heterocycles. The van der Waals surface area contributed by atoms with Gasteiger partial charge < -0.3 is 5.32 Å². The molecule has 0 bridgehead atoms. The van der Waals surface area contributed by atoms with Crippen molar-refractivity contribution in [3.05, 3.63) is 101 Å². The number of benzene rings is 3. The fraction of sp³-hybridized carbons (Fsp3) is 0.125. The second kappa shape index (κ2) is 9.46. The number of rotatable bonds is 6. The van der Waals surface area contributed by atoms with E-state index < -0.39 is 0 Å². The predicted octanol–water partition coefficient (Wildman–Crippen LogP) is 4.83. The van der Waals surface area contributed by atoms with E-state index in [1.54, 1.807) is 42.6 Å². The maximum Gasteiger partial charge on any atom is 0.271 e. The maximum absolute atomic E-state index is 12.2. The zero-order chi connectivity index (χ0) is 20.6. The van der Waals surface area contributed by atoms with E-state index in [1.165, 1.54) is 5.56 Å². The highest BCUT2D eigenvalue weighted by molar-refractivity contribution is 6.04. The van der Waals surface area contributed by atoms with Gasteiger partial charge in [0.05, 0.1) is 6.21 Å². The molecule has 0 atom stereocenters. The Labute approximate surface area is 170 Å². The standard InChI is InChI=1S/C24H23N3O2/c1-17(2)19-10-8-18(9-11-19)16-25-27-24(29)21-12-14-22(15-13-21)26-23(28)20-6-4-3-5-7-20/h3-17H,1-2H3,(H,26,28)(H,27,29). The molecular weight excluding hydrogens is 362 g/mol. The Morgan fingerprint density at radius 2 is 1.41 bits per heavy atom. The predicted molar refractivity (Wildman–Crippen MR) is 116 cm³/mol. The molecule has 2 N–H and O–H groups in total. The number of amides is 2. The van der Waals surface area contributed by atoms with Crippen molar-refractivity contribution in [2.24, 2.45) is 5.10 Å². The Morgan fingerprint density at radius 3 is 2.03 bits per heavy atom. The highest BCUT2D eigenvalue weighted by Gasteiger charge is 2.07. The van der Waals surface area contributed by atoms with Crippen LogP contribution in [0.15, 0.2) is 84.0 Å². The zero-order valence-corrected chi connectivity index (χ0v) is 16.4. The first-order chi connectivity index (χ1) is 14.0. The van der Waals surface area contributed by atoms with E-state index in [-0.39, 0.29) is 11.8 Å². The third-order valence-corrected chi connectivity index (χ3v) is 4.42. The molecule has 0 spiro atoms. The normalized spacial score (nSPS) is 10.9. The van der Waals surface area contributed by atoms with Crippen LogP contribution in [-0.4, -0.2) is 18.0 Å². The molecule has 146 valence electrons. The summed E-state index contributed by atoms with van der Waals surface area (Å²) < 4.78 is 0. The van der Waals surface area contributed by atoms with E-state index in [1.807, 2.05) is 30.3 Å². The van der Waals surface area contributed by atoms with Crippen molar-refractivity contribution in [1.82, 2.24) is 5.43 Å². The lowest BCUT2D eigenvalue weighted by Gasteiger charge is -2.06. The molecule has 3 aromatic rings. The van der Waals surface area contributed by atoms with Gasteiger partial charge in [0, 0.05) is 16.8 Å². The van der Waals surface area contributed by atoms with Crippen molar-refractivity contribution in [2.45, 2.75) is 19.8 Å². The molecule has 0 aliphatic rings. The molecular formula is C24H23N3O2. The molecule has 3 rings (SSSR count). The molecule has 0 saturated carbocycles. The monoisotopic (exact) mass is 385 g/mol. The number of carbonyl (C=O) groups is 2. The Kier molecular flexibility index (Phi) is 6.53. The topological polar surface area (TPSA) is 70.6 Å². The van der Waals surface area contributed by atoms with Gasteiger partial charge in [-0.05, 0) is 53.4 Å². The highest BCUT2D eigenvalue weighted by Crippen LogP contribution is 2.14. The van der Waals surface area contributed by atoms with E-state index in [4.69, 9.17) is 0 Å². The Balaban J connectivity index is 1.55. The summed E-state index contributed by atoms with van der Waals surface area (Å²) >= 11 is 0. The van der Waals surface area contributed by atoms with Crippen LogP contribution in [0.2, 0.25) is 0 Å². The summed E-state index contributed by atoms with van der Waals surface area (Å²) in [4.78, 5) is 24.4. The van der Waals surface area contributed by atoms with Gasteiger partial charge in [-0.25, -0.2) is 5.43 Å². The van der Waals surface area contributed by atoms with Crippen LogP contribution in [-0.2, 0) is 0 Å². The van der Waals surface area contributed by atoms with Gasteiger partial charge in [0.2, 0.25) is 0 Å². The maximum atomic E-state index is 12.2. The van der Waals surface area contributed by atoms with E-state index in [2.05, 4.69) is 41.8 Å². The van der Waals surface area contributed by atoms with Crippen LogP contribution < -0.4 is 10.7 Å². The first-order valence-corrected chi connectivity index (χ1v) is 9.43. The molecule has 0 unspecified atom stereocenters. The highest BCUT2D eigenvalue weighted by atomic mass is 16.2. The SMILES string of the molecule is CC(C)c1ccc(C=NNC(=O)c2ccc(NC(=O)c3ccccc3)cc2)cc1. The lowest BCUT2D eigenvalue weighted by Crippen LogP contribution is -2.17. The minimum atomic E-state index is -0.319. The summed E-state index contributed by atoms with van der Waals surface area (Å²) in [5.41, 5.74) is 6.32. The van der Waals surface area contributed by atoms with E-state index in [0.29, 0.717) is 22.7 Å². The summed E-state index contributed by atoms with van der Waals surface area (Å²) in [6, 6.07) is 23.6. The van der Waals surface area contributed by atoms with Crippen LogP contribution in [0.4, 0.5) is 5.69 Å². The number of hydrazone groups is 1. The van der Waals surface area contributed by atoms with E-state index in [0.717, 1.165) is 5.56 Å². The van der Waals surface area contributed by atoms with Crippen molar-refractivity contribution in [3.63, 3.8) is 0 Å². The van der Waals surface area contributed by atoms with Crippen molar-refractivity contribution in [1.29, 1.82) is 0 Å². The number of hydrogen-bond donors (Lipinski definition) is 2. The third-order valence-electron chi connectivity index (χ3n) is 4.42. The quantitative estimate of drug-likeness (QED) is 0.471. The van der Waals surface area contributed by atoms with Gasteiger partial charge in [-0.2, -0.15) is 5.10 Å². The number of nitrogens with one attached hydrogen (secondary N) is 2. The van der Waals surface area contributed by atoms with Gasteiger partial charge in [0.15, 0.2) is 0 Å². The van der Waals surface area contributed by atoms with Gasteiger partial charge in [0.25, 0.3) is 11.8 Å². The second-order valence-corrected chi connectivity index (χ2v) is 6.92. The molecule has 0 fully saturated rings. The summed E-state index contributed by atoms with van der Waals surface area (Å²) in [6.45, 7) is 4.28. The average molecular weight is 385 g/mol. The fourth-order valence-electron chi connectivity index (χ4n) is 2.69. The summed E-state index contributed by atoms with van der Waals surface area (Å²) in [5, 5.41) is 6.81. The minimum Gasteiger partial charge on any atom is -0.322 e. The second-order valence-electron chi connectivity index (χ2n) is 6.92. The van der Waals surface area contributed by atoms with E-state index >= 15 is 0 Å². The smallest absolute Gasteiger partial charge is 0.271 e.